The third-order valence-corrected chi connectivity index (χ3v) is 5.10. The molecule has 26 heavy (non-hydrogen) atoms. The summed E-state index contributed by atoms with van der Waals surface area (Å²) in [7, 11) is 0. The Morgan fingerprint density at radius 1 is 0.731 bits per heavy atom. The molecule has 0 aliphatic carbocycles. The summed E-state index contributed by atoms with van der Waals surface area (Å²) in [6.45, 7) is 0. The van der Waals surface area contributed by atoms with Gasteiger partial charge in [0.15, 0.2) is 5.82 Å². The number of benzene rings is 3. The van der Waals surface area contributed by atoms with Gasteiger partial charge in [-0.15, -0.1) is 0 Å². The van der Waals surface area contributed by atoms with Gasteiger partial charge in [0.25, 0.3) is 0 Å². The van der Waals surface area contributed by atoms with Crippen molar-refractivity contribution >= 4 is 23.4 Å². The van der Waals surface area contributed by atoms with Gasteiger partial charge in [0.05, 0.1) is 10.6 Å². The zero-order valence-electron chi connectivity index (χ0n) is 13.8. The quantitative estimate of drug-likeness (QED) is 0.401. The second kappa shape index (κ2) is 7.73. The fourth-order valence-corrected chi connectivity index (χ4v) is 3.84. The van der Waals surface area contributed by atoms with Crippen LogP contribution < -0.4 is 0 Å². The second-order valence-corrected chi connectivity index (χ2v) is 7.25. The van der Waals surface area contributed by atoms with Crippen LogP contribution in [-0.4, -0.2) is 9.97 Å². The van der Waals surface area contributed by atoms with Gasteiger partial charge in [0.2, 0.25) is 0 Å². The summed E-state index contributed by atoms with van der Waals surface area (Å²) < 4.78 is 0. The van der Waals surface area contributed by atoms with Gasteiger partial charge in [-0.1, -0.05) is 90.1 Å². The molecular formula is C22H15ClN2S. The topological polar surface area (TPSA) is 25.8 Å². The molecule has 3 aromatic carbocycles. The molecule has 4 rings (SSSR count). The highest BCUT2D eigenvalue weighted by Crippen LogP contribution is 2.36. The maximum absolute atomic E-state index is 6.13. The summed E-state index contributed by atoms with van der Waals surface area (Å²) in [6.07, 6.45) is 1.89. The predicted octanol–water partition coefficient (Wildman–Crippen LogP) is 6.62. The van der Waals surface area contributed by atoms with E-state index in [2.05, 4.69) is 17.1 Å². The van der Waals surface area contributed by atoms with E-state index in [9.17, 15) is 0 Å². The molecule has 0 amide bonds. The van der Waals surface area contributed by atoms with Crippen molar-refractivity contribution in [3.63, 3.8) is 0 Å². The van der Waals surface area contributed by atoms with Crippen molar-refractivity contribution in [2.24, 2.45) is 0 Å². The maximum atomic E-state index is 6.13. The van der Waals surface area contributed by atoms with Crippen molar-refractivity contribution in [1.82, 2.24) is 9.97 Å². The van der Waals surface area contributed by atoms with Crippen LogP contribution in [0.4, 0.5) is 0 Å². The first-order chi connectivity index (χ1) is 12.8. The van der Waals surface area contributed by atoms with Crippen LogP contribution in [0.1, 0.15) is 0 Å². The minimum atomic E-state index is 0.720. The fraction of sp³-hybridized carbons (Fsp3) is 0. The number of hydrogen-bond donors (Lipinski definition) is 0. The van der Waals surface area contributed by atoms with Gasteiger partial charge >= 0.3 is 0 Å². The Labute approximate surface area is 161 Å². The lowest BCUT2D eigenvalue weighted by Gasteiger charge is -2.11. The molecular weight excluding hydrogens is 360 g/mol. The van der Waals surface area contributed by atoms with Crippen molar-refractivity contribution in [2.45, 2.75) is 9.79 Å². The summed E-state index contributed by atoms with van der Waals surface area (Å²) in [4.78, 5) is 11.5. The molecule has 0 bridgehead atoms. The molecule has 2 nitrogen and oxygen atoms in total. The van der Waals surface area contributed by atoms with E-state index in [-0.39, 0.29) is 0 Å². The molecule has 0 aliphatic heterocycles. The summed E-state index contributed by atoms with van der Waals surface area (Å²) in [5.74, 6) is 0.722. The molecule has 0 saturated heterocycles. The average molecular weight is 375 g/mol. The van der Waals surface area contributed by atoms with Gasteiger partial charge < -0.3 is 0 Å². The maximum Gasteiger partial charge on any atom is 0.159 e. The normalized spacial score (nSPS) is 10.7. The van der Waals surface area contributed by atoms with Crippen molar-refractivity contribution in [2.75, 3.05) is 0 Å². The van der Waals surface area contributed by atoms with Crippen molar-refractivity contribution in [3.8, 4) is 22.6 Å². The van der Waals surface area contributed by atoms with E-state index in [1.807, 2.05) is 79.0 Å². The number of halogens is 1. The molecule has 0 aliphatic rings. The molecule has 4 heteroatoms. The second-order valence-electron chi connectivity index (χ2n) is 5.70. The summed E-state index contributed by atoms with van der Waals surface area (Å²) >= 11 is 7.75. The third kappa shape index (κ3) is 3.79. The first-order valence-corrected chi connectivity index (χ1v) is 9.40. The Kier molecular flexibility index (Phi) is 5.00. The molecule has 0 unspecified atom stereocenters. The lowest BCUT2D eigenvalue weighted by Crippen LogP contribution is -1.94. The van der Waals surface area contributed by atoms with E-state index in [0.717, 1.165) is 37.5 Å². The standard InChI is InChI=1S/C22H15ClN2S/c23-18-12-7-13-19(14-18)26-20-15-24-22(17-10-5-2-6-11-17)25-21(20)16-8-3-1-4-9-16/h1-15H. The van der Waals surface area contributed by atoms with Crippen molar-refractivity contribution in [1.29, 1.82) is 0 Å². The Balaban J connectivity index is 1.80. The SMILES string of the molecule is Clc1cccc(Sc2cnc(-c3ccccc3)nc2-c2ccccc2)c1. The largest absolute Gasteiger partial charge is 0.235 e. The molecule has 0 fully saturated rings. The predicted molar refractivity (Wildman–Crippen MR) is 108 cm³/mol. The number of hydrogen-bond acceptors (Lipinski definition) is 3. The van der Waals surface area contributed by atoms with Gasteiger partial charge in [-0.3, -0.25) is 0 Å². The van der Waals surface area contributed by atoms with Crippen LogP contribution >= 0.6 is 23.4 Å². The number of aromatic nitrogens is 2. The average Bonchev–Trinajstić information content (AvgIpc) is 2.70. The lowest BCUT2D eigenvalue weighted by molar-refractivity contribution is 1.11. The van der Waals surface area contributed by atoms with Crippen LogP contribution in [0.15, 0.2) is 101 Å². The van der Waals surface area contributed by atoms with Crippen LogP contribution in [-0.2, 0) is 0 Å². The molecule has 0 radical (unpaired) electrons. The van der Waals surface area contributed by atoms with Gasteiger partial charge in [0, 0.05) is 27.2 Å². The fourth-order valence-electron chi connectivity index (χ4n) is 2.63. The summed E-state index contributed by atoms with van der Waals surface area (Å²) in [6, 6.07) is 28.0. The lowest BCUT2D eigenvalue weighted by atomic mass is 10.1. The van der Waals surface area contributed by atoms with Crippen molar-refractivity contribution < 1.29 is 0 Å². The highest BCUT2D eigenvalue weighted by Gasteiger charge is 2.12. The van der Waals surface area contributed by atoms with Crippen molar-refractivity contribution in [3.05, 3.63) is 96.1 Å². The molecule has 1 heterocycles. The Morgan fingerprint density at radius 2 is 1.42 bits per heavy atom. The number of rotatable bonds is 4. The van der Waals surface area contributed by atoms with Gasteiger partial charge in [-0.05, 0) is 18.2 Å². The van der Waals surface area contributed by atoms with Crippen LogP contribution in [0.25, 0.3) is 22.6 Å². The molecule has 0 saturated carbocycles. The summed E-state index contributed by atoms with van der Waals surface area (Å²) in [5, 5.41) is 0.720. The van der Waals surface area contributed by atoms with E-state index in [1.165, 1.54) is 0 Å². The minimum absolute atomic E-state index is 0.720. The monoisotopic (exact) mass is 374 g/mol. The zero-order valence-corrected chi connectivity index (χ0v) is 15.4. The van der Waals surface area contributed by atoms with Crippen LogP contribution in [0.5, 0.6) is 0 Å². The molecule has 0 N–H and O–H groups in total. The Morgan fingerprint density at radius 3 is 2.12 bits per heavy atom. The zero-order chi connectivity index (χ0) is 17.8. The molecule has 0 atom stereocenters. The van der Waals surface area contributed by atoms with E-state index in [4.69, 9.17) is 16.6 Å². The van der Waals surface area contributed by atoms with E-state index < -0.39 is 0 Å². The first-order valence-electron chi connectivity index (χ1n) is 8.21. The molecule has 4 aromatic rings. The smallest absolute Gasteiger partial charge is 0.159 e. The number of nitrogens with zero attached hydrogens (tertiary/aromatic N) is 2. The molecule has 126 valence electrons. The van der Waals surface area contributed by atoms with Gasteiger partial charge in [-0.2, -0.15) is 0 Å². The Bertz CT molecular complexity index is 1020. The Hall–Kier alpha value is -2.62. The van der Waals surface area contributed by atoms with Gasteiger partial charge in [-0.25, -0.2) is 9.97 Å². The van der Waals surface area contributed by atoms with Crippen LogP contribution in [0.3, 0.4) is 0 Å². The third-order valence-electron chi connectivity index (χ3n) is 3.86. The van der Waals surface area contributed by atoms with E-state index >= 15 is 0 Å². The van der Waals surface area contributed by atoms with E-state index in [0.29, 0.717) is 0 Å². The minimum Gasteiger partial charge on any atom is -0.235 e. The highest BCUT2D eigenvalue weighted by atomic mass is 35.5. The van der Waals surface area contributed by atoms with Gasteiger partial charge in [0.1, 0.15) is 0 Å². The first kappa shape index (κ1) is 16.8. The highest BCUT2D eigenvalue weighted by molar-refractivity contribution is 7.99. The van der Waals surface area contributed by atoms with Crippen LogP contribution in [0, 0.1) is 0 Å². The van der Waals surface area contributed by atoms with E-state index in [1.54, 1.807) is 11.8 Å². The van der Waals surface area contributed by atoms with Crippen LogP contribution in [0.2, 0.25) is 5.02 Å². The molecule has 0 spiro atoms. The molecule has 1 aromatic heterocycles. The summed E-state index contributed by atoms with van der Waals surface area (Å²) in [5.41, 5.74) is 2.99.